The summed E-state index contributed by atoms with van der Waals surface area (Å²) in [5.74, 6) is 1.24. The Hall–Kier alpha value is -1.10. The Labute approximate surface area is 181 Å². The highest BCUT2D eigenvalue weighted by molar-refractivity contribution is 5.66. The average molecular weight is 421 g/mol. The van der Waals surface area contributed by atoms with E-state index in [0.717, 1.165) is 57.8 Å². The molecule has 0 saturated heterocycles. The third-order valence-electron chi connectivity index (χ3n) is 10.1. The number of aliphatic hydroxyl groups is 1. The van der Waals surface area contributed by atoms with Crippen molar-refractivity contribution in [3.05, 3.63) is 0 Å². The predicted molar refractivity (Wildman–Crippen MR) is 113 cm³/mol. The van der Waals surface area contributed by atoms with E-state index < -0.39 is 5.60 Å². The van der Waals surface area contributed by atoms with Crippen LogP contribution in [-0.2, 0) is 19.1 Å². The number of esters is 2. The molecule has 0 aromatic rings. The van der Waals surface area contributed by atoms with E-state index in [1.165, 1.54) is 13.8 Å². The van der Waals surface area contributed by atoms with Gasteiger partial charge in [0.25, 0.3) is 0 Å². The van der Waals surface area contributed by atoms with Gasteiger partial charge in [-0.2, -0.15) is 0 Å². The maximum atomic E-state index is 12.2. The van der Waals surface area contributed by atoms with Crippen LogP contribution in [0.2, 0.25) is 0 Å². The van der Waals surface area contributed by atoms with E-state index in [1.807, 2.05) is 6.92 Å². The first-order valence-electron chi connectivity index (χ1n) is 12.1. The molecule has 0 bridgehead atoms. The van der Waals surface area contributed by atoms with Gasteiger partial charge in [-0.15, -0.1) is 0 Å². The van der Waals surface area contributed by atoms with E-state index in [-0.39, 0.29) is 40.9 Å². The van der Waals surface area contributed by atoms with E-state index in [1.54, 1.807) is 0 Å². The second-order valence-corrected chi connectivity index (χ2v) is 11.3. The van der Waals surface area contributed by atoms with Crippen molar-refractivity contribution >= 4 is 11.9 Å². The number of hydrogen-bond acceptors (Lipinski definition) is 5. The molecule has 170 valence electrons. The Morgan fingerprint density at radius 3 is 2.33 bits per heavy atom. The van der Waals surface area contributed by atoms with Gasteiger partial charge in [-0.05, 0) is 87.9 Å². The molecule has 0 aromatic heterocycles. The van der Waals surface area contributed by atoms with Crippen molar-refractivity contribution in [1.29, 1.82) is 0 Å². The van der Waals surface area contributed by atoms with E-state index in [4.69, 9.17) is 9.47 Å². The van der Waals surface area contributed by atoms with Gasteiger partial charge < -0.3 is 14.6 Å². The molecule has 4 fully saturated rings. The average Bonchev–Trinajstić information content (AvgIpc) is 2.92. The SMILES string of the molecule is CC(=O)OC1CCC2(C)C(CCC3C2CCC2(C)C(C(C)OC(C)=O)CCC32O)C1. The minimum Gasteiger partial charge on any atom is -0.463 e. The van der Waals surface area contributed by atoms with Crippen LogP contribution in [0.1, 0.15) is 92.4 Å². The zero-order valence-corrected chi connectivity index (χ0v) is 19.4. The van der Waals surface area contributed by atoms with Crippen LogP contribution in [0.15, 0.2) is 0 Å². The van der Waals surface area contributed by atoms with Gasteiger partial charge in [0, 0.05) is 25.2 Å². The Balaban J connectivity index is 1.55. The van der Waals surface area contributed by atoms with Gasteiger partial charge >= 0.3 is 11.9 Å². The van der Waals surface area contributed by atoms with Gasteiger partial charge in [0.05, 0.1) is 5.60 Å². The second-order valence-electron chi connectivity index (χ2n) is 11.3. The normalized spacial score (nSPS) is 48.7. The summed E-state index contributed by atoms with van der Waals surface area (Å²) in [6.45, 7) is 9.69. The van der Waals surface area contributed by atoms with E-state index in [2.05, 4.69) is 13.8 Å². The topological polar surface area (TPSA) is 72.8 Å². The van der Waals surface area contributed by atoms with Crippen molar-refractivity contribution in [3.8, 4) is 0 Å². The highest BCUT2D eigenvalue weighted by Gasteiger charge is 2.68. The first-order valence-corrected chi connectivity index (χ1v) is 12.1. The molecular formula is C25H40O5. The molecular weight excluding hydrogens is 380 g/mol. The molecule has 4 aliphatic carbocycles. The molecule has 4 saturated carbocycles. The molecule has 0 amide bonds. The lowest BCUT2D eigenvalue weighted by atomic mass is 9.43. The maximum Gasteiger partial charge on any atom is 0.302 e. The Morgan fingerprint density at radius 1 is 0.933 bits per heavy atom. The van der Waals surface area contributed by atoms with Crippen LogP contribution < -0.4 is 0 Å². The van der Waals surface area contributed by atoms with Crippen molar-refractivity contribution in [2.24, 2.45) is 34.5 Å². The van der Waals surface area contributed by atoms with Crippen LogP contribution >= 0.6 is 0 Å². The van der Waals surface area contributed by atoms with Crippen molar-refractivity contribution in [3.63, 3.8) is 0 Å². The van der Waals surface area contributed by atoms with Crippen LogP contribution in [0, 0.1) is 34.5 Å². The third kappa shape index (κ3) is 3.22. The number of carbonyl (C=O) groups excluding carboxylic acids is 2. The fraction of sp³-hybridized carbons (Fsp3) is 0.920. The predicted octanol–water partition coefficient (Wildman–Crippen LogP) is 4.64. The zero-order chi connectivity index (χ0) is 21.9. The van der Waals surface area contributed by atoms with Gasteiger partial charge in [-0.25, -0.2) is 0 Å². The lowest BCUT2D eigenvalue weighted by Gasteiger charge is -2.63. The van der Waals surface area contributed by atoms with E-state index >= 15 is 0 Å². The van der Waals surface area contributed by atoms with Crippen molar-refractivity contribution in [2.75, 3.05) is 0 Å². The summed E-state index contributed by atoms with van der Waals surface area (Å²) in [6, 6.07) is 0. The first kappa shape index (κ1) is 22.1. The van der Waals surface area contributed by atoms with Gasteiger partial charge in [0.2, 0.25) is 0 Å². The van der Waals surface area contributed by atoms with Crippen LogP contribution in [-0.4, -0.2) is 34.9 Å². The van der Waals surface area contributed by atoms with Crippen LogP contribution in [0.4, 0.5) is 0 Å². The van der Waals surface area contributed by atoms with Crippen molar-refractivity contribution < 1.29 is 24.2 Å². The minimum atomic E-state index is -0.671. The number of rotatable bonds is 3. The zero-order valence-electron chi connectivity index (χ0n) is 19.4. The summed E-state index contributed by atoms with van der Waals surface area (Å²) in [4.78, 5) is 23.0. The van der Waals surface area contributed by atoms with Gasteiger partial charge in [0.15, 0.2) is 0 Å². The molecule has 0 radical (unpaired) electrons. The van der Waals surface area contributed by atoms with E-state index in [0.29, 0.717) is 17.8 Å². The highest BCUT2D eigenvalue weighted by atomic mass is 16.5. The van der Waals surface area contributed by atoms with Gasteiger partial charge in [0.1, 0.15) is 12.2 Å². The summed E-state index contributed by atoms with van der Waals surface area (Å²) in [7, 11) is 0. The molecule has 1 N–H and O–H groups in total. The molecule has 0 spiro atoms. The quantitative estimate of drug-likeness (QED) is 0.673. The largest absolute Gasteiger partial charge is 0.463 e. The summed E-state index contributed by atoms with van der Waals surface area (Å²) < 4.78 is 11.2. The molecule has 4 aliphatic rings. The lowest BCUT2D eigenvalue weighted by molar-refractivity contribution is -0.218. The second kappa shape index (κ2) is 7.50. The maximum absolute atomic E-state index is 12.2. The fourth-order valence-electron chi connectivity index (χ4n) is 8.67. The van der Waals surface area contributed by atoms with Crippen LogP contribution in [0.5, 0.6) is 0 Å². The molecule has 9 atom stereocenters. The minimum absolute atomic E-state index is 0.0644. The van der Waals surface area contributed by atoms with Crippen LogP contribution in [0.3, 0.4) is 0 Å². The summed E-state index contributed by atoms with van der Waals surface area (Å²) >= 11 is 0. The Bertz CT molecular complexity index is 706. The molecule has 0 aliphatic heterocycles. The van der Waals surface area contributed by atoms with E-state index in [9.17, 15) is 14.7 Å². The third-order valence-corrected chi connectivity index (χ3v) is 10.1. The lowest BCUT2D eigenvalue weighted by Crippen LogP contribution is -2.63. The number of hydrogen-bond donors (Lipinski definition) is 1. The summed E-state index contributed by atoms with van der Waals surface area (Å²) in [6.07, 6.45) is 8.95. The van der Waals surface area contributed by atoms with Gasteiger partial charge in [-0.3, -0.25) is 9.59 Å². The Morgan fingerprint density at radius 2 is 1.67 bits per heavy atom. The molecule has 5 heteroatoms. The Kier molecular flexibility index (Phi) is 5.52. The summed E-state index contributed by atoms with van der Waals surface area (Å²) in [5, 5.41) is 12.2. The molecule has 9 unspecified atom stereocenters. The van der Waals surface area contributed by atoms with Crippen molar-refractivity contribution in [1.82, 2.24) is 0 Å². The highest BCUT2D eigenvalue weighted by Crippen LogP contribution is 2.69. The first-order chi connectivity index (χ1) is 14.0. The van der Waals surface area contributed by atoms with Crippen molar-refractivity contribution in [2.45, 2.75) is 110 Å². The molecule has 0 heterocycles. The fourth-order valence-corrected chi connectivity index (χ4v) is 8.67. The smallest absolute Gasteiger partial charge is 0.302 e. The molecule has 0 aromatic carbocycles. The molecule has 5 nitrogen and oxygen atoms in total. The number of ether oxygens (including phenoxy) is 2. The monoisotopic (exact) mass is 420 g/mol. The van der Waals surface area contributed by atoms with Crippen LogP contribution in [0.25, 0.3) is 0 Å². The number of fused-ring (bicyclic) bond motifs is 5. The number of carbonyl (C=O) groups is 2. The summed E-state index contributed by atoms with van der Waals surface area (Å²) in [5.41, 5.74) is -0.646. The standard InChI is InChI=1S/C25H40O5/c1-15(29-16(2)26)20-10-13-25(28)22-7-6-18-14-19(30-17(3)27)8-11-23(18,4)21(22)9-12-24(20,25)5/h15,18-22,28H,6-14H2,1-5H3. The van der Waals surface area contributed by atoms with Gasteiger partial charge in [-0.1, -0.05) is 13.8 Å². The molecule has 30 heavy (non-hydrogen) atoms. The molecule has 4 rings (SSSR count).